The minimum Gasteiger partial charge on any atom is -0.293 e. The molecule has 3 heterocycles. The number of halogens is 2. The lowest BCUT2D eigenvalue weighted by Gasteiger charge is -2.33. The lowest BCUT2D eigenvalue weighted by molar-refractivity contribution is 0.233. The summed E-state index contributed by atoms with van der Waals surface area (Å²) in [6.07, 6.45) is 7.32. The van der Waals surface area contributed by atoms with Crippen molar-refractivity contribution in [1.29, 1.82) is 0 Å². The molecule has 0 radical (unpaired) electrons. The maximum absolute atomic E-state index is 13.8. The Bertz CT molecular complexity index is 1290. The molecule has 5 nitrogen and oxygen atoms in total. The van der Waals surface area contributed by atoms with Crippen molar-refractivity contribution in [2.45, 2.75) is 44.6 Å². The molecule has 0 aliphatic heterocycles. The highest BCUT2D eigenvalue weighted by Gasteiger charge is 2.29. The molecule has 1 fully saturated rings. The van der Waals surface area contributed by atoms with E-state index in [0.717, 1.165) is 36.6 Å². The first-order chi connectivity index (χ1) is 14.5. The first-order valence-corrected chi connectivity index (χ1v) is 10.7. The number of benzene rings is 1. The van der Waals surface area contributed by atoms with Gasteiger partial charge in [0.15, 0.2) is 5.52 Å². The Morgan fingerprint density at radius 2 is 1.97 bits per heavy atom. The third kappa shape index (κ3) is 3.29. The second kappa shape index (κ2) is 7.51. The number of hydrogen-bond acceptors (Lipinski definition) is 3. The number of rotatable bonds is 3. The quantitative estimate of drug-likeness (QED) is 0.465. The third-order valence-corrected chi connectivity index (χ3v) is 6.76. The molecule has 4 aromatic rings. The van der Waals surface area contributed by atoms with Gasteiger partial charge in [-0.25, -0.2) is 14.1 Å². The number of fused-ring (bicyclic) bond motifs is 2. The summed E-state index contributed by atoms with van der Waals surface area (Å²) < 4.78 is 15.5. The van der Waals surface area contributed by atoms with E-state index in [-0.39, 0.29) is 17.4 Å². The molecular formula is C23H22ClFN4O. The maximum Gasteiger partial charge on any atom is 0.293 e. The molecule has 1 aliphatic carbocycles. The number of hydrogen-bond donors (Lipinski definition) is 1. The van der Waals surface area contributed by atoms with Crippen LogP contribution in [0.15, 0.2) is 47.5 Å². The molecule has 1 aromatic carbocycles. The van der Waals surface area contributed by atoms with E-state index in [2.05, 4.69) is 22.0 Å². The van der Waals surface area contributed by atoms with Crippen LogP contribution < -0.4 is 5.56 Å². The van der Waals surface area contributed by atoms with Gasteiger partial charge in [-0.3, -0.25) is 14.9 Å². The highest BCUT2D eigenvalue weighted by atomic mass is 35.5. The Balaban J connectivity index is 1.37. The van der Waals surface area contributed by atoms with Crippen LogP contribution >= 0.6 is 11.6 Å². The van der Waals surface area contributed by atoms with Crippen LogP contribution in [0.25, 0.3) is 21.9 Å². The van der Waals surface area contributed by atoms with Crippen molar-refractivity contribution in [3.8, 4) is 0 Å². The fourth-order valence-corrected chi connectivity index (χ4v) is 5.05. The second-order valence-electron chi connectivity index (χ2n) is 8.25. The monoisotopic (exact) mass is 424 g/mol. The number of nitrogens with one attached hydrogen (secondary N) is 1. The van der Waals surface area contributed by atoms with E-state index >= 15 is 0 Å². The highest BCUT2D eigenvalue weighted by Crippen LogP contribution is 2.41. The smallest absolute Gasteiger partial charge is 0.293 e. The van der Waals surface area contributed by atoms with Gasteiger partial charge in [-0.15, -0.1) is 0 Å². The summed E-state index contributed by atoms with van der Waals surface area (Å²) in [5.74, 6) is 0.527. The summed E-state index contributed by atoms with van der Waals surface area (Å²) in [5, 5.41) is 4.59. The summed E-state index contributed by atoms with van der Waals surface area (Å²) in [5.41, 5.74) is 2.99. The van der Waals surface area contributed by atoms with Crippen LogP contribution in [0, 0.1) is 11.7 Å². The normalized spacial score (nSPS) is 20.6. The standard InChI is InChI=1S/C23H22ClFN4O/c1-13(29-23(30)22-21(28-29)10-16(24)12-27-22)14-2-4-15(5-3-14)18-8-9-26-20-7-6-17(25)11-19(18)20/h6-15,28H,2-5H2,1H3. The van der Waals surface area contributed by atoms with Gasteiger partial charge in [0, 0.05) is 17.8 Å². The minimum absolute atomic E-state index is 0.0399. The zero-order valence-electron chi connectivity index (χ0n) is 16.6. The predicted molar refractivity (Wildman–Crippen MR) is 116 cm³/mol. The predicted octanol–water partition coefficient (Wildman–Crippen LogP) is 5.60. The summed E-state index contributed by atoms with van der Waals surface area (Å²) in [6.45, 7) is 2.08. The fraction of sp³-hybridized carbons (Fsp3) is 0.348. The van der Waals surface area contributed by atoms with Gasteiger partial charge in [-0.1, -0.05) is 11.6 Å². The third-order valence-electron chi connectivity index (χ3n) is 6.56. The number of H-pyrrole nitrogens is 1. The van der Waals surface area contributed by atoms with Gasteiger partial charge >= 0.3 is 0 Å². The van der Waals surface area contributed by atoms with Crippen LogP contribution in [0.3, 0.4) is 0 Å². The van der Waals surface area contributed by atoms with Gasteiger partial charge < -0.3 is 0 Å². The molecule has 0 saturated heterocycles. The van der Waals surface area contributed by atoms with E-state index < -0.39 is 0 Å². The molecule has 0 amide bonds. The highest BCUT2D eigenvalue weighted by molar-refractivity contribution is 6.31. The number of nitrogens with zero attached hydrogens (tertiary/aromatic N) is 3. The van der Waals surface area contributed by atoms with Crippen LogP contribution in [0.2, 0.25) is 5.02 Å². The van der Waals surface area contributed by atoms with Gasteiger partial charge in [0.05, 0.1) is 22.1 Å². The van der Waals surface area contributed by atoms with Gasteiger partial charge in [-0.05, 0) is 80.3 Å². The average Bonchev–Trinajstić information content (AvgIpc) is 3.08. The number of pyridine rings is 2. The molecule has 0 spiro atoms. The largest absolute Gasteiger partial charge is 0.293 e. The van der Waals surface area contributed by atoms with Crippen molar-refractivity contribution in [3.05, 3.63) is 69.5 Å². The molecule has 1 unspecified atom stereocenters. The first-order valence-electron chi connectivity index (χ1n) is 10.3. The van der Waals surface area contributed by atoms with Crippen molar-refractivity contribution >= 4 is 33.5 Å². The van der Waals surface area contributed by atoms with Gasteiger partial charge in [0.25, 0.3) is 5.56 Å². The molecule has 30 heavy (non-hydrogen) atoms. The van der Waals surface area contributed by atoms with E-state index in [1.807, 2.05) is 12.3 Å². The van der Waals surface area contributed by atoms with Crippen LogP contribution in [0.5, 0.6) is 0 Å². The van der Waals surface area contributed by atoms with Gasteiger partial charge in [0.2, 0.25) is 0 Å². The topological polar surface area (TPSA) is 63.6 Å². The summed E-state index contributed by atoms with van der Waals surface area (Å²) in [4.78, 5) is 21.3. The number of aromatic amines is 1. The van der Waals surface area contributed by atoms with Gasteiger partial charge in [-0.2, -0.15) is 0 Å². The van der Waals surface area contributed by atoms with Gasteiger partial charge in [0.1, 0.15) is 5.82 Å². The first kappa shape index (κ1) is 19.2. The lowest BCUT2D eigenvalue weighted by atomic mass is 9.75. The van der Waals surface area contributed by atoms with Crippen molar-refractivity contribution in [2.24, 2.45) is 5.92 Å². The van der Waals surface area contributed by atoms with Crippen LogP contribution in [0.1, 0.15) is 50.1 Å². The molecule has 5 rings (SSSR count). The maximum atomic E-state index is 13.8. The second-order valence-corrected chi connectivity index (χ2v) is 8.69. The van der Waals surface area contributed by atoms with E-state index in [9.17, 15) is 9.18 Å². The van der Waals surface area contributed by atoms with Crippen molar-refractivity contribution in [2.75, 3.05) is 0 Å². The summed E-state index contributed by atoms with van der Waals surface area (Å²) in [7, 11) is 0. The van der Waals surface area contributed by atoms with Crippen molar-refractivity contribution in [1.82, 2.24) is 19.7 Å². The molecule has 7 heteroatoms. The van der Waals surface area contributed by atoms with Crippen LogP contribution in [0.4, 0.5) is 4.39 Å². The zero-order valence-corrected chi connectivity index (χ0v) is 17.4. The molecule has 1 saturated carbocycles. The Kier molecular flexibility index (Phi) is 4.82. The Morgan fingerprint density at radius 3 is 2.77 bits per heavy atom. The van der Waals surface area contributed by atoms with E-state index in [0.29, 0.717) is 27.9 Å². The molecule has 1 aliphatic rings. The van der Waals surface area contributed by atoms with E-state index in [1.165, 1.54) is 17.8 Å². The van der Waals surface area contributed by atoms with E-state index in [1.54, 1.807) is 22.9 Å². The van der Waals surface area contributed by atoms with Crippen molar-refractivity contribution < 1.29 is 4.39 Å². The molecule has 154 valence electrons. The molecule has 1 atom stereocenters. The molecule has 0 bridgehead atoms. The minimum atomic E-state index is -0.231. The SMILES string of the molecule is CC(C1CCC(c2ccnc3ccc(F)cc23)CC1)n1[nH]c2cc(Cl)cnc2c1=O. The molecule has 3 aromatic heterocycles. The Morgan fingerprint density at radius 1 is 1.17 bits per heavy atom. The zero-order chi connectivity index (χ0) is 20.8. The lowest BCUT2D eigenvalue weighted by Crippen LogP contribution is -2.28. The summed E-state index contributed by atoms with van der Waals surface area (Å²) in [6, 6.07) is 8.59. The van der Waals surface area contributed by atoms with E-state index in [4.69, 9.17) is 11.6 Å². The Labute approximate surface area is 177 Å². The average molecular weight is 425 g/mol. The number of aromatic nitrogens is 4. The van der Waals surface area contributed by atoms with Crippen LogP contribution in [-0.2, 0) is 0 Å². The van der Waals surface area contributed by atoms with Crippen molar-refractivity contribution in [3.63, 3.8) is 0 Å². The van der Waals surface area contributed by atoms with Crippen LogP contribution in [-0.4, -0.2) is 19.7 Å². The fourth-order valence-electron chi connectivity index (χ4n) is 4.90. The molecule has 1 N–H and O–H groups in total. The molecular weight excluding hydrogens is 403 g/mol. The Hall–Kier alpha value is -2.73. The summed E-state index contributed by atoms with van der Waals surface area (Å²) >= 11 is 6.01.